The van der Waals surface area contributed by atoms with Crippen LogP contribution in [0.15, 0.2) is 30.3 Å². The summed E-state index contributed by atoms with van der Waals surface area (Å²) in [5, 5.41) is 10.1. The van der Waals surface area contributed by atoms with Gasteiger partial charge < -0.3 is 5.11 Å². The van der Waals surface area contributed by atoms with E-state index in [2.05, 4.69) is 13.8 Å². The molecule has 0 saturated carbocycles. The van der Waals surface area contributed by atoms with Crippen LogP contribution in [-0.4, -0.2) is 5.11 Å². The van der Waals surface area contributed by atoms with Crippen LogP contribution in [0.5, 0.6) is 0 Å². The van der Waals surface area contributed by atoms with Gasteiger partial charge in [-0.15, -0.1) is 0 Å². The predicted octanol–water partition coefficient (Wildman–Crippen LogP) is 3.94. The Kier molecular flexibility index (Phi) is 5.41. The molecular formula is C14H22O. The molecule has 1 aromatic rings. The average Bonchev–Trinajstić information content (AvgIpc) is 2.29. The standard InChI is InChI=1S/C14H22O/c1-3-4-6-9-12(2)14(15)13-10-7-5-8-11-13/h5,7-8,10-12,14-15H,3-4,6,9H2,1-2H3. The minimum absolute atomic E-state index is 0.303. The van der Waals surface area contributed by atoms with Gasteiger partial charge in [-0.25, -0.2) is 0 Å². The van der Waals surface area contributed by atoms with Crippen molar-refractivity contribution in [2.45, 2.75) is 45.6 Å². The molecule has 1 aromatic carbocycles. The zero-order valence-electron chi connectivity index (χ0n) is 9.82. The summed E-state index contributed by atoms with van der Waals surface area (Å²) in [7, 11) is 0. The number of rotatable bonds is 6. The molecule has 2 unspecified atom stereocenters. The second-order valence-corrected chi connectivity index (χ2v) is 4.33. The first-order chi connectivity index (χ1) is 7.25. The van der Waals surface area contributed by atoms with Gasteiger partial charge in [0, 0.05) is 0 Å². The largest absolute Gasteiger partial charge is 0.388 e. The zero-order valence-corrected chi connectivity index (χ0v) is 9.82. The molecule has 0 aliphatic rings. The van der Waals surface area contributed by atoms with Gasteiger partial charge in [0.1, 0.15) is 0 Å². The molecule has 2 atom stereocenters. The van der Waals surface area contributed by atoms with Crippen LogP contribution >= 0.6 is 0 Å². The summed E-state index contributed by atoms with van der Waals surface area (Å²) in [5.41, 5.74) is 1.04. The Balaban J connectivity index is 2.42. The van der Waals surface area contributed by atoms with Gasteiger partial charge in [0.15, 0.2) is 0 Å². The lowest BCUT2D eigenvalue weighted by molar-refractivity contribution is 0.111. The molecule has 1 rings (SSSR count). The lowest BCUT2D eigenvalue weighted by Crippen LogP contribution is -2.08. The Morgan fingerprint density at radius 2 is 1.80 bits per heavy atom. The fourth-order valence-corrected chi connectivity index (χ4v) is 1.85. The number of hydrogen-bond acceptors (Lipinski definition) is 1. The van der Waals surface area contributed by atoms with Crippen LogP contribution in [0.1, 0.15) is 51.2 Å². The van der Waals surface area contributed by atoms with Crippen molar-refractivity contribution in [2.75, 3.05) is 0 Å². The van der Waals surface area contributed by atoms with Crippen molar-refractivity contribution in [1.82, 2.24) is 0 Å². The zero-order chi connectivity index (χ0) is 11.1. The highest BCUT2D eigenvalue weighted by molar-refractivity contribution is 5.17. The maximum absolute atomic E-state index is 10.1. The highest BCUT2D eigenvalue weighted by Crippen LogP contribution is 2.25. The minimum atomic E-state index is -0.303. The van der Waals surface area contributed by atoms with Crippen LogP contribution in [0, 0.1) is 5.92 Å². The van der Waals surface area contributed by atoms with Crippen molar-refractivity contribution in [3.63, 3.8) is 0 Å². The molecule has 0 bridgehead atoms. The summed E-state index contributed by atoms with van der Waals surface area (Å²) >= 11 is 0. The van der Waals surface area contributed by atoms with E-state index < -0.39 is 0 Å². The molecule has 0 fully saturated rings. The molecule has 0 saturated heterocycles. The summed E-state index contributed by atoms with van der Waals surface area (Å²) in [6.45, 7) is 4.34. The summed E-state index contributed by atoms with van der Waals surface area (Å²) in [6.07, 6.45) is 4.55. The first-order valence-electron chi connectivity index (χ1n) is 5.98. The van der Waals surface area contributed by atoms with E-state index in [0.717, 1.165) is 12.0 Å². The lowest BCUT2D eigenvalue weighted by Gasteiger charge is -2.18. The highest BCUT2D eigenvalue weighted by atomic mass is 16.3. The summed E-state index contributed by atoms with van der Waals surface area (Å²) < 4.78 is 0. The van der Waals surface area contributed by atoms with Gasteiger partial charge in [-0.2, -0.15) is 0 Å². The Labute approximate surface area is 93.1 Å². The second-order valence-electron chi connectivity index (χ2n) is 4.33. The van der Waals surface area contributed by atoms with Crippen LogP contribution in [0.25, 0.3) is 0 Å². The van der Waals surface area contributed by atoms with E-state index in [1.54, 1.807) is 0 Å². The van der Waals surface area contributed by atoms with E-state index in [-0.39, 0.29) is 6.10 Å². The number of aliphatic hydroxyl groups excluding tert-OH is 1. The fraction of sp³-hybridized carbons (Fsp3) is 0.571. The molecule has 15 heavy (non-hydrogen) atoms. The van der Waals surface area contributed by atoms with Crippen molar-refractivity contribution in [3.8, 4) is 0 Å². The molecule has 0 spiro atoms. The topological polar surface area (TPSA) is 20.2 Å². The lowest BCUT2D eigenvalue weighted by atomic mass is 9.92. The molecule has 0 aliphatic carbocycles. The number of benzene rings is 1. The fourth-order valence-electron chi connectivity index (χ4n) is 1.85. The molecule has 0 aromatic heterocycles. The third-order valence-electron chi connectivity index (χ3n) is 2.94. The van der Waals surface area contributed by atoms with Crippen molar-refractivity contribution in [2.24, 2.45) is 5.92 Å². The van der Waals surface area contributed by atoms with E-state index in [1.165, 1.54) is 19.3 Å². The van der Waals surface area contributed by atoms with Crippen LogP contribution in [0.3, 0.4) is 0 Å². The predicted molar refractivity (Wildman–Crippen MR) is 64.7 cm³/mol. The third-order valence-corrected chi connectivity index (χ3v) is 2.94. The Bertz CT molecular complexity index is 255. The van der Waals surface area contributed by atoms with Crippen molar-refractivity contribution >= 4 is 0 Å². The minimum Gasteiger partial charge on any atom is -0.388 e. The molecule has 1 nitrogen and oxygen atoms in total. The smallest absolute Gasteiger partial charge is 0.0815 e. The molecule has 84 valence electrons. The first kappa shape index (κ1) is 12.3. The Morgan fingerprint density at radius 3 is 2.40 bits per heavy atom. The van der Waals surface area contributed by atoms with E-state index >= 15 is 0 Å². The normalized spacial score (nSPS) is 14.9. The summed E-state index contributed by atoms with van der Waals surface area (Å²) in [6, 6.07) is 9.95. The second kappa shape index (κ2) is 6.62. The quantitative estimate of drug-likeness (QED) is 0.699. The SMILES string of the molecule is CCCCCC(C)C(O)c1ccccc1. The number of unbranched alkanes of at least 4 members (excludes halogenated alkanes) is 2. The van der Waals surface area contributed by atoms with Crippen LogP contribution in [-0.2, 0) is 0 Å². The van der Waals surface area contributed by atoms with E-state index in [0.29, 0.717) is 5.92 Å². The Morgan fingerprint density at radius 1 is 1.13 bits per heavy atom. The monoisotopic (exact) mass is 206 g/mol. The molecule has 0 radical (unpaired) electrons. The van der Waals surface area contributed by atoms with Gasteiger partial charge in [-0.05, 0) is 17.9 Å². The van der Waals surface area contributed by atoms with Gasteiger partial charge in [0.05, 0.1) is 6.10 Å². The third kappa shape index (κ3) is 4.05. The highest BCUT2D eigenvalue weighted by Gasteiger charge is 2.15. The van der Waals surface area contributed by atoms with Gasteiger partial charge in [-0.3, -0.25) is 0 Å². The maximum atomic E-state index is 10.1. The van der Waals surface area contributed by atoms with Gasteiger partial charge >= 0.3 is 0 Å². The number of hydrogen-bond donors (Lipinski definition) is 1. The van der Waals surface area contributed by atoms with Gasteiger partial charge in [-0.1, -0.05) is 63.4 Å². The van der Waals surface area contributed by atoms with E-state index in [1.807, 2.05) is 30.3 Å². The van der Waals surface area contributed by atoms with E-state index in [4.69, 9.17) is 0 Å². The van der Waals surface area contributed by atoms with Crippen LogP contribution in [0.4, 0.5) is 0 Å². The molecule has 1 heteroatoms. The molecule has 1 N–H and O–H groups in total. The van der Waals surface area contributed by atoms with Crippen LogP contribution in [0.2, 0.25) is 0 Å². The molecule has 0 heterocycles. The number of aliphatic hydroxyl groups is 1. The summed E-state index contributed by atoms with van der Waals surface area (Å²) in [4.78, 5) is 0. The molecular weight excluding hydrogens is 184 g/mol. The molecule has 0 aliphatic heterocycles. The van der Waals surface area contributed by atoms with Gasteiger partial charge in [0.2, 0.25) is 0 Å². The van der Waals surface area contributed by atoms with Gasteiger partial charge in [0.25, 0.3) is 0 Å². The Hall–Kier alpha value is -0.820. The molecule has 0 amide bonds. The summed E-state index contributed by atoms with van der Waals surface area (Å²) in [5.74, 6) is 0.360. The average molecular weight is 206 g/mol. The van der Waals surface area contributed by atoms with E-state index in [9.17, 15) is 5.11 Å². The van der Waals surface area contributed by atoms with Crippen molar-refractivity contribution in [3.05, 3.63) is 35.9 Å². The first-order valence-corrected chi connectivity index (χ1v) is 5.98. The van der Waals surface area contributed by atoms with Crippen molar-refractivity contribution < 1.29 is 5.11 Å². The maximum Gasteiger partial charge on any atom is 0.0815 e. The van der Waals surface area contributed by atoms with Crippen LogP contribution < -0.4 is 0 Å². The van der Waals surface area contributed by atoms with Crippen molar-refractivity contribution in [1.29, 1.82) is 0 Å².